The molecule has 0 N–H and O–H groups in total. The van der Waals surface area contributed by atoms with Crippen LogP contribution in [0, 0.1) is 0 Å². The molecule has 0 radical (unpaired) electrons. The van der Waals surface area contributed by atoms with Gasteiger partial charge in [-0.1, -0.05) is 0 Å². The molecule has 0 amide bonds. The van der Waals surface area contributed by atoms with Crippen molar-refractivity contribution in [3.05, 3.63) is 37.2 Å². The molecule has 0 aromatic carbocycles. The number of likely N-dealkylation sites (N-methyl/N-ethyl adjacent to an activating group) is 1. The van der Waals surface area contributed by atoms with Gasteiger partial charge in [0.1, 0.15) is 18.7 Å². The highest BCUT2D eigenvalue weighted by molar-refractivity contribution is 5.85. The van der Waals surface area contributed by atoms with Crippen LogP contribution >= 0.6 is 24.8 Å². The summed E-state index contributed by atoms with van der Waals surface area (Å²) in [5.41, 5.74) is 1.92. The largest absolute Gasteiger partial charge is 0.490 e. The molecule has 2 aromatic rings. The number of likely N-dealkylation sites (tertiary alicyclic amines) is 1. The standard InChI is InChI=1S/C15H18N4O.2ClH/c1-19-4-2-3-14(19)10-20-15-5-12(6-16-9-15)13-7-17-11-18-8-13;;/h5-9,11,14H,2-4,10H2,1H3;2*1H/t14-;;/m0../s1. The van der Waals surface area contributed by atoms with Crippen LogP contribution in [0.2, 0.25) is 0 Å². The van der Waals surface area contributed by atoms with Crippen molar-refractivity contribution in [3.63, 3.8) is 0 Å². The second-order valence-electron chi connectivity index (χ2n) is 5.12. The van der Waals surface area contributed by atoms with Gasteiger partial charge in [0.25, 0.3) is 0 Å². The molecule has 1 fully saturated rings. The highest BCUT2D eigenvalue weighted by atomic mass is 35.5. The van der Waals surface area contributed by atoms with Crippen LogP contribution < -0.4 is 4.74 Å². The van der Waals surface area contributed by atoms with Gasteiger partial charge in [0, 0.05) is 35.8 Å². The molecule has 7 heteroatoms. The maximum absolute atomic E-state index is 5.88. The molecule has 2 aromatic heterocycles. The fraction of sp³-hybridized carbons (Fsp3) is 0.400. The van der Waals surface area contributed by atoms with Gasteiger partial charge in [0.05, 0.1) is 6.20 Å². The Morgan fingerprint density at radius 2 is 1.82 bits per heavy atom. The average Bonchev–Trinajstić information content (AvgIpc) is 2.92. The minimum absolute atomic E-state index is 0. The molecule has 120 valence electrons. The molecule has 0 bridgehead atoms. The quantitative estimate of drug-likeness (QED) is 0.854. The number of ether oxygens (including phenoxy) is 1. The number of hydrogen-bond donors (Lipinski definition) is 0. The summed E-state index contributed by atoms with van der Waals surface area (Å²) in [5.74, 6) is 0.798. The van der Waals surface area contributed by atoms with Crippen LogP contribution in [0.3, 0.4) is 0 Å². The third kappa shape index (κ3) is 4.53. The molecule has 1 aliphatic rings. The van der Waals surface area contributed by atoms with Crippen LogP contribution in [-0.4, -0.2) is 46.1 Å². The van der Waals surface area contributed by atoms with Gasteiger partial charge in [0.15, 0.2) is 0 Å². The maximum atomic E-state index is 5.88. The van der Waals surface area contributed by atoms with Gasteiger partial charge in [-0.3, -0.25) is 4.98 Å². The summed E-state index contributed by atoms with van der Waals surface area (Å²) >= 11 is 0. The highest BCUT2D eigenvalue weighted by Gasteiger charge is 2.21. The third-order valence-corrected chi connectivity index (χ3v) is 3.72. The van der Waals surface area contributed by atoms with Crippen LogP contribution in [-0.2, 0) is 0 Å². The molecule has 0 aliphatic carbocycles. The van der Waals surface area contributed by atoms with Gasteiger partial charge in [-0.2, -0.15) is 0 Å². The van der Waals surface area contributed by atoms with E-state index in [1.54, 1.807) is 24.8 Å². The van der Waals surface area contributed by atoms with Crippen molar-refractivity contribution in [2.24, 2.45) is 0 Å². The van der Waals surface area contributed by atoms with Gasteiger partial charge in [0.2, 0.25) is 0 Å². The minimum Gasteiger partial charge on any atom is -0.490 e. The molecule has 1 aliphatic heterocycles. The summed E-state index contributed by atoms with van der Waals surface area (Å²) in [6, 6.07) is 2.50. The Morgan fingerprint density at radius 3 is 2.50 bits per heavy atom. The Hall–Kier alpha value is -1.43. The molecule has 1 atom stereocenters. The zero-order valence-electron chi connectivity index (χ0n) is 12.4. The molecule has 1 saturated heterocycles. The van der Waals surface area contributed by atoms with Crippen molar-refractivity contribution in [2.75, 3.05) is 20.2 Å². The predicted molar refractivity (Wildman–Crippen MR) is 90.9 cm³/mol. The Labute approximate surface area is 143 Å². The predicted octanol–water partition coefficient (Wildman–Crippen LogP) is 2.86. The van der Waals surface area contributed by atoms with E-state index in [4.69, 9.17) is 4.74 Å². The van der Waals surface area contributed by atoms with Crippen molar-refractivity contribution < 1.29 is 4.74 Å². The van der Waals surface area contributed by atoms with Gasteiger partial charge < -0.3 is 9.64 Å². The first-order chi connectivity index (χ1) is 9.83. The molecule has 0 spiro atoms. The smallest absolute Gasteiger partial charge is 0.138 e. The molecule has 22 heavy (non-hydrogen) atoms. The zero-order valence-corrected chi connectivity index (χ0v) is 14.0. The molecular weight excluding hydrogens is 323 g/mol. The van der Waals surface area contributed by atoms with Gasteiger partial charge in [-0.15, -0.1) is 24.8 Å². The third-order valence-electron chi connectivity index (χ3n) is 3.72. The first-order valence-corrected chi connectivity index (χ1v) is 6.86. The van der Waals surface area contributed by atoms with Gasteiger partial charge >= 0.3 is 0 Å². The van der Waals surface area contributed by atoms with Crippen molar-refractivity contribution in [1.82, 2.24) is 19.9 Å². The summed E-state index contributed by atoms with van der Waals surface area (Å²) < 4.78 is 5.88. The molecular formula is C15H20Cl2N4O. The van der Waals surface area contributed by atoms with E-state index < -0.39 is 0 Å². The summed E-state index contributed by atoms with van der Waals surface area (Å²) in [7, 11) is 2.15. The molecule has 3 heterocycles. The maximum Gasteiger partial charge on any atom is 0.138 e. The van der Waals surface area contributed by atoms with E-state index in [1.807, 2.05) is 6.07 Å². The van der Waals surface area contributed by atoms with Gasteiger partial charge in [-0.25, -0.2) is 9.97 Å². The molecule has 0 saturated carbocycles. The number of hydrogen-bond acceptors (Lipinski definition) is 5. The molecule has 5 nitrogen and oxygen atoms in total. The summed E-state index contributed by atoms with van der Waals surface area (Å²) in [5, 5.41) is 0. The normalized spacial score (nSPS) is 17.4. The van der Waals surface area contributed by atoms with Gasteiger partial charge in [-0.05, 0) is 32.5 Å². The summed E-state index contributed by atoms with van der Waals surface area (Å²) in [4.78, 5) is 14.6. The van der Waals surface area contributed by atoms with E-state index in [-0.39, 0.29) is 24.8 Å². The fourth-order valence-electron chi connectivity index (χ4n) is 2.49. The number of halogens is 2. The van der Waals surface area contributed by atoms with E-state index in [0.29, 0.717) is 12.6 Å². The Balaban J connectivity index is 0.00000121. The van der Waals surface area contributed by atoms with Crippen LogP contribution in [0.1, 0.15) is 12.8 Å². The Kier molecular flexibility index (Phi) is 7.51. The monoisotopic (exact) mass is 342 g/mol. The lowest BCUT2D eigenvalue weighted by atomic mass is 10.1. The molecule has 3 rings (SSSR count). The SMILES string of the molecule is CN1CCC[C@H]1COc1cncc(-c2cncnc2)c1.Cl.Cl. The van der Waals surface area contributed by atoms with Crippen molar-refractivity contribution in [1.29, 1.82) is 0 Å². The highest BCUT2D eigenvalue weighted by Crippen LogP contribution is 2.22. The summed E-state index contributed by atoms with van der Waals surface area (Å²) in [6.45, 7) is 1.88. The van der Waals surface area contributed by atoms with E-state index in [1.165, 1.54) is 19.2 Å². The topological polar surface area (TPSA) is 51.1 Å². The minimum atomic E-state index is 0. The lowest BCUT2D eigenvalue weighted by molar-refractivity contribution is 0.198. The zero-order chi connectivity index (χ0) is 13.8. The van der Waals surface area contributed by atoms with E-state index in [2.05, 4.69) is 26.9 Å². The van der Waals surface area contributed by atoms with Crippen molar-refractivity contribution in [2.45, 2.75) is 18.9 Å². The first kappa shape index (κ1) is 18.6. The van der Waals surface area contributed by atoms with Crippen LogP contribution in [0.15, 0.2) is 37.2 Å². The number of aromatic nitrogens is 3. The van der Waals surface area contributed by atoms with Crippen LogP contribution in [0.25, 0.3) is 11.1 Å². The van der Waals surface area contributed by atoms with Crippen LogP contribution in [0.5, 0.6) is 5.75 Å². The average molecular weight is 343 g/mol. The Bertz CT molecular complexity index is 570. The van der Waals surface area contributed by atoms with E-state index in [9.17, 15) is 0 Å². The fourth-order valence-corrected chi connectivity index (χ4v) is 2.49. The van der Waals surface area contributed by atoms with Crippen LogP contribution in [0.4, 0.5) is 0 Å². The first-order valence-electron chi connectivity index (χ1n) is 6.86. The second-order valence-corrected chi connectivity index (χ2v) is 5.12. The lowest BCUT2D eigenvalue weighted by Crippen LogP contribution is -2.30. The number of pyridine rings is 1. The molecule has 0 unspecified atom stereocenters. The lowest BCUT2D eigenvalue weighted by Gasteiger charge is -2.19. The number of nitrogens with zero attached hydrogens (tertiary/aromatic N) is 4. The Morgan fingerprint density at radius 1 is 1.09 bits per heavy atom. The van der Waals surface area contributed by atoms with E-state index >= 15 is 0 Å². The number of rotatable bonds is 4. The second kappa shape index (κ2) is 8.88. The van der Waals surface area contributed by atoms with E-state index in [0.717, 1.165) is 23.4 Å². The van der Waals surface area contributed by atoms with Crippen molar-refractivity contribution >= 4 is 24.8 Å². The van der Waals surface area contributed by atoms with Crippen molar-refractivity contribution in [3.8, 4) is 16.9 Å². The summed E-state index contributed by atoms with van der Waals surface area (Å²) in [6.07, 6.45) is 11.1.